The Bertz CT molecular complexity index is 1030. The van der Waals surface area contributed by atoms with Gasteiger partial charge in [-0.15, -0.1) is 11.8 Å². The molecule has 0 heterocycles. The molecule has 0 bridgehead atoms. The molecule has 0 saturated carbocycles. The van der Waals surface area contributed by atoms with E-state index < -0.39 is 23.1 Å². The highest BCUT2D eigenvalue weighted by Crippen LogP contribution is 2.16. The number of benzene rings is 2. The van der Waals surface area contributed by atoms with Crippen molar-refractivity contribution in [1.82, 2.24) is 10.9 Å². The quantitative estimate of drug-likeness (QED) is 0.144. The number of carbonyl (C=O) groups excluding carboxylic acids is 3. The number of nitrogens with one attached hydrogen (secondary N) is 5. The fraction of sp³-hybridized carbons (Fsp3) is 0.158. The summed E-state index contributed by atoms with van der Waals surface area (Å²) in [6, 6.07) is 12.7. The molecule has 0 saturated heterocycles. The number of hydrogen-bond donors (Lipinski definition) is 5. The van der Waals surface area contributed by atoms with Crippen LogP contribution in [0.15, 0.2) is 48.5 Å². The van der Waals surface area contributed by atoms with E-state index in [1.54, 1.807) is 36.4 Å². The maximum atomic E-state index is 12.0. The standard InChI is InChI=1S/C19H21N5O6S3/c1-30-18(27)14-4-2-3-5-15(14)21-19(31)23-22-17(26)11-32-10-16(25)20-12-6-8-13(9-7-12)24-33(28)29/h2-9,24H,10-11H2,1H3,(H,20,25)(H,22,26)(H,28,29)(H2,21,23,31)/p-1. The topological polar surface area (TPSA) is 161 Å². The molecule has 11 nitrogen and oxygen atoms in total. The van der Waals surface area contributed by atoms with Crippen LogP contribution in [-0.4, -0.2) is 50.3 Å². The molecule has 176 valence electrons. The maximum Gasteiger partial charge on any atom is 0.339 e. The van der Waals surface area contributed by atoms with Crippen LogP contribution in [0.25, 0.3) is 0 Å². The lowest BCUT2D eigenvalue weighted by atomic mass is 10.2. The highest BCUT2D eigenvalue weighted by molar-refractivity contribution is 8.00. The van der Waals surface area contributed by atoms with Gasteiger partial charge >= 0.3 is 5.97 Å². The molecule has 5 N–H and O–H groups in total. The van der Waals surface area contributed by atoms with Crippen molar-refractivity contribution in [3.8, 4) is 0 Å². The number of hydrazine groups is 1. The molecule has 0 fully saturated rings. The van der Waals surface area contributed by atoms with Crippen molar-refractivity contribution in [3.63, 3.8) is 0 Å². The van der Waals surface area contributed by atoms with Gasteiger partial charge in [-0.25, -0.2) is 4.79 Å². The summed E-state index contributed by atoms with van der Waals surface area (Å²) in [6.45, 7) is 0. The zero-order valence-corrected chi connectivity index (χ0v) is 19.7. The second-order valence-corrected chi connectivity index (χ2v) is 8.19. The van der Waals surface area contributed by atoms with Crippen LogP contribution in [0.4, 0.5) is 17.1 Å². The van der Waals surface area contributed by atoms with Crippen LogP contribution < -0.4 is 26.2 Å². The van der Waals surface area contributed by atoms with Crippen molar-refractivity contribution < 1.29 is 27.9 Å². The molecule has 14 heteroatoms. The van der Waals surface area contributed by atoms with Gasteiger partial charge in [0.05, 0.1) is 29.9 Å². The molecule has 33 heavy (non-hydrogen) atoms. The van der Waals surface area contributed by atoms with Crippen molar-refractivity contribution >= 4 is 75.2 Å². The number of hydrogen-bond acceptors (Lipinski definition) is 8. The SMILES string of the molecule is COC(=O)c1ccccc1NC(=S)NNC(=O)CSCC(=O)Nc1ccc(NS(=O)[O-])cc1. The molecule has 0 aliphatic carbocycles. The molecule has 2 amide bonds. The van der Waals surface area contributed by atoms with Crippen LogP contribution in [0.5, 0.6) is 0 Å². The first-order chi connectivity index (χ1) is 15.8. The van der Waals surface area contributed by atoms with E-state index in [1.807, 2.05) is 0 Å². The Balaban J connectivity index is 1.69. The number of anilines is 3. The monoisotopic (exact) mass is 510 g/mol. The van der Waals surface area contributed by atoms with E-state index in [0.29, 0.717) is 17.1 Å². The second kappa shape index (κ2) is 13.4. The molecular formula is C19H20N5O6S3-. The third-order valence-electron chi connectivity index (χ3n) is 3.73. The molecule has 2 aromatic carbocycles. The maximum absolute atomic E-state index is 12.0. The number of esters is 1. The van der Waals surface area contributed by atoms with Gasteiger partial charge in [-0.1, -0.05) is 12.1 Å². The number of amides is 2. The van der Waals surface area contributed by atoms with Crippen molar-refractivity contribution in [1.29, 1.82) is 0 Å². The zero-order valence-electron chi connectivity index (χ0n) is 17.2. The summed E-state index contributed by atoms with van der Waals surface area (Å²) in [6.07, 6.45) is 0. The summed E-state index contributed by atoms with van der Waals surface area (Å²) in [5.74, 6) is -1.27. The molecule has 0 aliphatic rings. The molecule has 0 aromatic heterocycles. The van der Waals surface area contributed by atoms with Crippen molar-refractivity contribution in [3.05, 3.63) is 54.1 Å². The Morgan fingerprint density at radius 1 is 0.970 bits per heavy atom. The summed E-state index contributed by atoms with van der Waals surface area (Å²) in [4.78, 5) is 35.7. The van der Waals surface area contributed by atoms with Crippen molar-refractivity contribution in [2.24, 2.45) is 0 Å². The van der Waals surface area contributed by atoms with Crippen LogP contribution in [0.3, 0.4) is 0 Å². The van der Waals surface area contributed by atoms with E-state index in [-0.39, 0.29) is 28.1 Å². The average Bonchev–Trinajstić information content (AvgIpc) is 2.78. The van der Waals surface area contributed by atoms with E-state index >= 15 is 0 Å². The number of carbonyl (C=O) groups is 3. The molecule has 2 rings (SSSR count). The second-order valence-electron chi connectivity index (χ2n) is 6.12. The summed E-state index contributed by atoms with van der Waals surface area (Å²) >= 11 is 3.75. The molecule has 1 unspecified atom stereocenters. The fourth-order valence-electron chi connectivity index (χ4n) is 2.35. The number of para-hydroxylation sites is 1. The Kier molecular flexibility index (Phi) is 10.6. The average molecular weight is 511 g/mol. The van der Waals surface area contributed by atoms with Gasteiger partial charge in [0.25, 0.3) is 0 Å². The first-order valence-electron chi connectivity index (χ1n) is 9.15. The lowest BCUT2D eigenvalue weighted by molar-refractivity contribution is -0.119. The Labute approximate surface area is 201 Å². The number of methoxy groups -OCH3 is 1. The number of ether oxygens (including phenoxy) is 1. The number of thioether (sulfide) groups is 1. The summed E-state index contributed by atoms with van der Waals surface area (Å²) < 4.78 is 28.0. The highest BCUT2D eigenvalue weighted by Gasteiger charge is 2.12. The molecule has 1 atom stereocenters. The van der Waals surface area contributed by atoms with Crippen LogP contribution >= 0.6 is 24.0 Å². The van der Waals surface area contributed by atoms with E-state index in [0.717, 1.165) is 11.8 Å². The van der Waals surface area contributed by atoms with Gasteiger partial charge in [-0.05, 0) is 48.6 Å². The van der Waals surface area contributed by atoms with Gasteiger partial charge in [0.2, 0.25) is 11.8 Å². The number of rotatable bonds is 9. The van der Waals surface area contributed by atoms with E-state index in [4.69, 9.17) is 17.0 Å². The molecule has 0 radical (unpaired) electrons. The van der Waals surface area contributed by atoms with E-state index in [2.05, 4.69) is 26.2 Å². The Hall–Kier alpha value is -3.20. The van der Waals surface area contributed by atoms with Crippen LogP contribution in [-0.2, 0) is 25.6 Å². The minimum absolute atomic E-state index is 0.0139. The normalized spacial score (nSPS) is 11.0. The van der Waals surface area contributed by atoms with Crippen LogP contribution in [0.2, 0.25) is 0 Å². The minimum Gasteiger partial charge on any atom is -0.755 e. The third-order valence-corrected chi connectivity index (χ3v) is 5.27. The van der Waals surface area contributed by atoms with Crippen LogP contribution in [0, 0.1) is 0 Å². The van der Waals surface area contributed by atoms with Crippen LogP contribution in [0.1, 0.15) is 10.4 Å². The van der Waals surface area contributed by atoms with E-state index in [1.165, 1.54) is 19.2 Å². The lowest BCUT2D eigenvalue weighted by Gasteiger charge is -2.13. The minimum atomic E-state index is -2.43. The van der Waals surface area contributed by atoms with Gasteiger partial charge in [0.1, 0.15) is 0 Å². The highest BCUT2D eigenvalue weighted by atomic mass is 32.2. The van der Waals surface area contributed by atoms with Crippen molar-refractivity contribution in [2.45, 2.75) is 0 Å². The predicted octanol–water partition coefficient (Wildman–Crippen LogP) is 1.37. The summed E-state index contributed by atoms with van der Waals surface area (Å²) in [7, 11) is 1.27. The fourth-order valence-corrected chi connectivity index (χ4v) is 3.45. The van der Waals surface area contributed by atoms with Gasteiger partial charge in [-0.3, -0.25) is 24.6 Å². The molecule has 0 spiro atoms. The Morgan fingerprint density at radius 2 is 1.61 bits per heavy atom. The molecule has 0 aliphatic heterocycles. The molecular weight excluding hydrogens is 490 g/mol. The molecule has 2 aromatic rings. The lowest BCUT2D eigenvalue weighted by Crippen LogP contribution is -2.44. The van der Waals surface area contributed by atoms with Gasteiger partial charge in [-0.2, -0.15) is 0 Å². The summed E-state index contributed by atoms with van der Waals surface area (Å²) in [5, 5.41) is 5.48. The first-order valence-corrected chi connectivity index (χ1v) is 11.8. The predicted molar refractivity (Wildman–Crippen MR) is 130 cm³/mol. The zero-order chi connectivity index (χ0) is 24.2. The largest absolute Gasteiger partial charge is 0.755 e. The Morgan fingerprint density at radius 3 is 2.27 bits per heavy atom. The van der Waals surface area contributed by atoms with Crippen molar-refractivity contribution in [2.75, 3.05) is 34.0 Å². The number of thiocarbonyl (C=S) groups is 1. The van der Waals surface area contributed by atoms with E-state index in [9.17, 15) is 23.1 Å². The smallest absolute Gasteiger partial charge is 0.339 e. The van der Waals surface area contributed by atoms with Gasteiger partial charge in [0, 0.05) is 22.6 Å². The third kappa shape index (κ3) is 9.44. The first kappa shape index (κ1) is 26.1. The van der Waals surface area contributed by atoms with Gasteiger partial charge in [0.15, 0.2) is 5.11 Å². The van der Waals surface area contributed by atoms with Gasteiger partial charge < -0.3 is 24.6 Å². The summed E-state index contributed by atoms with van der Waals surface area (Å²) in [5.41, 5.74) is 6.44.